The van der Waals surface area contributed by atoms with Gasteiger partial charge in [-0.2, -0.15) is 0 Å². The van der Waals surface area contributed by atoms with Crippen molar-refractivity contribution in [3.63, 3.8) is 0 Å². The molecule has 1 fully saturated rings. The normalized spacial score (nSPS) is 19.3. The van der Waals surface area contributed by atoms with Crippen LogP contribution in [-0.4, -0.2) is 51.2 Å². The molecule has 0 aromatic heterocycles. The fourth-order valence-electron chi connectivity index (χ4n) is 2.09. The van der Waals surface area contributed by atoms with Crippen molar-refractivity contribution < 1.29 is 24.6 Å². The Labute approximate surface area is 105 Å². The fourth-order valence-corrected chi connectivity index (χ4v) is 2.09. The number of carbonyl (C=O) groups excluding carboxylic acids is 1. The van der Waals surface area contributed by atoms with E-state index in [1.165, 1.54) is 0 Å². The number of rotatable bonds is 4. The smallest absolute Gasteiger partial charge is 0.326 e. The van der Waals surface area contributed by atoms with Gasteiger partial charge in [0.25, 0.3) is 0 Å². The van der Waals surface area contributed by atoms with Gasteiger partial charge in [0.1, 0.15) is 6.04 Å². The number of hydrogen-bond acceptors (Lipinski definition) is 3. The molecule has 7 nitrogen and oxygen atoms in total. The lowest BCUT2D eigenvalue weighted by molar-refractivity contribution is -0.145. The summed E-state index contributed by atoms with van der Waals surface area (Å²) in [5.41, 5.74) is -0.323. The van der Waals surface area contributed by atoms with Crippen molar-refractivity contribution in [2.24, 2.45) is 0 Å². The van der Waals surface area contributed by atoms with Gasteiger partial charge >= 0.3 is 18.0 Å². The van der Waals surface area contributed by atoms with Crippen LogP contribution in [-0.2, 0) is 9.59 Å². The van der Waals surface area contributed by atoms with Crippen LogP contribution in [0.15, 0.2) is 0 Å². The molecule has 1 rings (SSSR count). The molecule has 102 valence electrons. The third-order valence-corrected chi connectivity index (χ3v) is 3.12. The molecule has 1 unspecified atom stereocenters. The van der Waals surface area contributed by atoms with Crippen LogP contribution < -0.4 is 5.32 Å². The van der Waals surface area contributed by atoms with Gasteiger partial charge in [-0.05, 0) is 26.7 Å². The molecular weight excluding hydrogens is 240 g/mol. The molecule has 1 aliphatic heterocycles. The van der Waals surface area contributed by atoms with Crippen LogP contribution in [0.5, 0.6) is 0 Å². The van der Waals surface area contributed by atoms with Crippen LogP contribution in [0, 0.1) is 0 Å². The van der Waals surface area contributed by atoms with Crippen molar-refractivity contribution in [1.29, 1.82) is 0 Å². The van der Waals surface area contributed by atoms with E-state index in [0.717, 1.165) is 12.8 Å². The first kappa shape index (κ1) is 14.3. The van der Waals surface area contributed by atoms with Gasteiger partial charge in [-0.15, -0.1) is 0 Å². The van der Waals surface area contributed by atoms with Gasteiger partial charge in [-0.25, -0.2) is 9.59 Å². The molecule has 0 aromatic rings. The topological polar surface area (TPSA) is 107 Å². The largest absolute Gasteiger partial charge is 0.481 e. The maximum absolute atomic E-state index is 11.9. The van der Waals surface area contributed by atoms with Crippen molar-refractivity contribution >= 4 is 18.0 Å². The molecule has 1 saturated heterocycles. The quantitative estimate of drug-likeness (QED) is 0.680. The lowest BCUT2D eigenvalue weighted by Gasteiger charge is -2.32. The minimum absolute atomic E-state index is 0.323. The first-order valence-corrected chi connectivity index (χ1v) is 5.77. The van der Waals surface area contributed by atoms with E-state index in [9.17, 15) is 14.4 Å². The molecule has 3 N–H and O–H groups in total. The lowest BCUT2D eigenvalue weighted by Crippen LogP contribution is -2.53. The minimum atomic E-state index is -1.40. The number of likely N-dealkylation sites (tertiary alicyclic amines) is 1. The highest BCUT2D eigenvalue weighted by atomic mass is 16.4. The Bertz CT molecular complexity index is 366. The minimum Gasteiger partial charge on any atom is -0.481 e. The Hall–Kier alpha value is -1.79. The maximum Gasteiger partial charge on any atom is 0.326 e. The Kier molecular flexibility index (Phi) is 4.15. The van der Waals surface area contributed by atoms with E-state index in [-0.39, 0.29) is 5.54 Å². The second-order valence-corrected chi connectivity index (χ2v) is 5.01. The molecule has 1 atom stereocenters. The van der Waals surface area contributed by atoms with E-state index in [1.54, 1.807) is 4.90 Å². The summed E-state index contributed by atoms with van der Waals surface area (Å²) in [5.74, 6) is -2.61. The van der Waals surface area contributed by atoms with E-state index in [2.05, 4.69) is 5.32 Å². The zero-order valence-electron chi connectivity index (χ0n) is 10.5. The molecule has 0 radical (unpaired) electrons. The molecule has 0 saturated carbocycles. The number of nitrogens with one attached hydrogen (secondary N) is 1. The van der Waals surface area contributed by atoms with Gasteiger partial charge in [0.2, 0.25) is 0 Å². The van der Waals surface area contributed by atoms with Gasteiger partial charge in [0.15, 0.2) is 0 Å². The molecule has 2 amide bonds. The standard InChI is InChI=1S/C11H18N2O5/c1-11(2)4-3-5-13(11)10(18)12-7(9(16)17)6-8(14)15/h7H,3-6H2,1-2H3,(H,12,18)(H,14,15)(H,16,17). The average Bonchev–Trinajstić information content (AvgIpc) is 2.56. The van der Waals surface area contributed by atoms with Crippen LogP contribution >= 0.6 is 0 Å². The SMILES string of the molecule is CC1(C)CCCN1C(=O)NC(CC(=O)O)C(=O)O. The predicted molar refractivity (Wildman–Crippen MR) is 62.2 cm³/mol. The summed E-state index contributed by atoms with van der Waals surface area (Å²) in [4.78, 5) is 34.8. The molecule has 0 aliphatic carbocycles. The Morgan fingerprint density at radius 3 is 2.33 bits per heavy atom. The first-order valence-electron chi connectivity index (χ1n) is 5.77. The van der Waals surface area contributed by atoms with E-state index in [4.69, 9.17) is 10.2 Å². The Morgan fingerprint density at radius 1 is 1.33 bits per heavy atom. The van der Waals surface area contributed by atoms with Crippen molar-refractivity contribution in [3.05, 3.63) is 0 Å². The van der Waals surface area contributed by atoms with E-state index < -0.39 is 30.4 Å². The van der Waals surface area contributed by atoms with Gasteiger partial charge in [0, 0.05) is 12.1 Å². The number of carbonyl (C=O) groups is 3. The summed E-state index contributed by atoms with van der Waals surface area (Å²) in [6, 6.07) is -1.92. The van der Waals surface area contributed by atoms with Gasteiger partial charge < -0.3 is 20.4 Å². The summed E-state index contributed by atoms with van der Waals surface area (Å²) in [6.07, 6.45) is 1.07. The molecule has 0 spiro atoms. The second-order valence-electron chi connectivity index (χ2n) is 5.01. The number of nitrogens with zero attached hydrogens (tertiary/aromatic N) is 1. The molecule has 0 bridgehead atoms. The second kappa shape index (κ2) is 5.24. The summed E-state index contributed by atoms with van der Waals surface area (Å²) in [5, 5.41) is 19.7. The van der Waals surface area contributed by atoms with Gasteiger partial charge in [0.05, 0.1) is 6.42 Å². The average molecular weight is 258 g/mol. The first-order chi connectivity index (χ1) is 8.24. The van der Waals surface area contributed by atoms with Crippen molar-refractivity contribution in [1.82, 2.24) is 10.2 Å². The predicted octanol–water partition coefficient (Wildman–Crippen LogP) is 0.498. The van der Waals surface area contributed by atoms with Crippen molar-refractivity contribution in [3.8, 4) is 0 Å². The van der Waals surface area contributed by atoms with Crippen LogP contribution in [0.25, 0.3) is 0 Å². The molecule has 7 heteroatoms. The summed E-state index contributed by atoms with van der Waals surface area (Å²) in [6.45, 7) is 4.34. The monoisotopic (exact) mass is 258 g/mol. The zero-order valence-corrected chi connectivity index (χ0v) is 10.5. The molecule has 0 aromatic carbocycles. The van der Waals surface area contributed by atoms with Crippen LogP contribution in [0.4, 0.5) is 4.79 Å². The molecule has 1 aliphatic rings. The Morgan fingerprint density at radius 2 is 1.94 bits per heavy atom. The van der Waals surface area contributed by atoms with E-state index in [1.807, 2.05) is 13.8 Å². The highest BCUT2D eigenvalue weighted by Crippen LogP contribution is 2.27. The number of urea groups is 1. The lowest BCUT2D eigenvalue weighted by atomic mass is 10.0. The maximum atomic E-state index is 11.9. The number of carboxylic acids is 2. The zero-order chi connectivity index (χ0) is 13.9. The Balaban J connectivity index is 2.67. The fraction of sp³-hybridized carbons (Fsp3) is 0.727. The van der Waals surface area contributed by atoms with Gasteiger partial charge in [-0.1, -0.05) is 0 Å². The summed E-state index contributed by atoms with van der Waals surface area (Å²) in [7, 11) is 0. The van der Waals surface area contributed by atoms with E-state index in [0.29, 0.717) is 6.54 Å². The number of carboxylic acid groups (broad SMARTS) is 2. The third-order valence-electron chi connectivity index (χ3n) is 3.12. The third kappa shape index (κ3) is 3.35. The van der Waals surface area contributed by atoms with Crippen LogP contribution in [0.3, 0.4) is 0 Å². The van der Waals surface area contributed by atoms with Crippen LogP contribution in [0.2, 0.25) is 0 Å². The number of hydrogen-bond donors (Lipinski definition) is 3. The number of aliphatic carboxylic acids is 2. The highest BCUT2D eigenvalue weighted by Gasteiger charge is 2.37. The molecule has 18 heavy (non-hydrogen) atoms. The molecule has 1 heterocycles. The summed E-state index contributed by atoms with van der Waals surface area (Å²) < 4.78 is 0. The van der Waals surface area contributed by atoms with Crippen LogP contribution in [0.1, 0.15) is 33.1 Å². The molecular formula is C11H18N2O5. The van der Waals surface area contributed by atoms with Gasteiger partial charge in [-0.3, -0.25) is 4.79 Å². The summed E-state index contributed by atoms with van der Waals surface area (Å²) >= 11 is 0. The number of amides is 2. The highest BCUT2D eigenvalue weighted by molar-refractivity contribution is 5.86. The van der Waals surface area contributed by atoms with Crippen molar-refractivity contribution in [2.45, 2.75) is 44.7 Å². The van der Waals surface area contributed by atoms with E-state index >= 15 is 0 Å². The van der Waals surface area contributed by atoms with Crippen molar-refractivity contribution in [2.75, 3.05) is 6.54 Å².